The van der Waals surface area contributed by atoms with E-state index in [0.29, 0.717) is 36.4 Å². The first kappa shape index (κ1) is 38.0. The second-order valence-corrected chi connectivity index (χ2v) is 13.3. The van der Waals surface area contributed by atoms with Gasteiger partial charge in [-0.25, -0.2) is 0 Å². The number of allylic oxidation sites excluding steroid dienone is 3. The van der Waals surface area contributed by atoms with Gasteiger partial charge in [0.15, 0.2) is 24.8 Å². The summed E-state index contributed by atoms with van der Waals surface area (Å²) in [6.07, 6.45) is 13.3. The van der Waals surface area contributed by atoms with Crippen LogP contribution in [-0.4, -0.2) is 85.4 Å². The molecule has 0 bridgehead atoms. The second-order valence-electron chi connectivity index (χ2n) is 13.3. The van der Waals surface area contributed by atoms with Gasteiger partial charge in [0.05, 0.1) is 37.0 Å². The summed E-state index contributed by atoms with van der Waals surface area (Å²) in [6, 6.07) is 15.9. The minimum absolute atomic E-state index is 0.254. The van der Waals surface area contributed by atoms with Crippen LogP contribution in [0.25, 0.3) is 0 Å². The Kier molecular flexibility index (Phi) is 15.0. The fourth-order valence-corrected chi connectivity index (χ4v) is 6.05. The SMILES string of the molecule is C=C(/C=C\C(=C)OCCC1CCN(c2ccc(C)nn2)CC1)/C=N/OCCO/N=C/c1ccc(OCCC2CCN(c3ccc(C)nn3)CC2)cc1. The number of aryl methyl sites for hydroxylation is 2. The van der Waals surface area contributed by atoms with Crippen molar-refractivity contribution >= 4 is 24.1 Å². The molecule has 0 atom stereocenters. The molecule has 1 aromatic carbocycles. The molecule has 2 fully saturated rings. The molecular weight excluding hydrogens is 656 g/mol. The molecule has 4 heterocycles. The standard InChI is InChI=1S/C40H52N8O4/c1-31(5-8-34(4)49-25-19-35-15-21-47(22-16-35)39-13-6-32(2)43-45-39)29-41-51-27-28-52-42-30-37-9-11-38(12-10-37)50-26-20-36-17-23-48(24-18-36)40-14-7-33(3)44-46-40/h5-14,29-30,35-36H,1,4,15-28H2,2-3H3/b8-5-,41-29+,42-30+. The van der Waals surface area contributed by atoms with Crippen LogP contribution in [0.15, 0.2) is 95.5 Å². The first-order chi connectivity index (χ1) is 25.4. The minimum Gasteiger partial charge on any atom is -0.494 e. The Hall–Kier alpha value is -5.26. The highest BCUT2D eigenvalue weighted by molar-refractivity contribution is 5.81. The summed E-state index contributed by atoms with van der Waals surface area (Å²) in [4.78, 5) is 15.2. The lowest BCUT2D eigenvalue weighted by Crippen LogP contribution is -2.34. The summed E-state index contributed by atoms with van der Waals surface area (Å²) < 4.78 is 11.8. The van der Waals surface area contributed by atoms with Crippen LogP contribution in [0.4, 0.5) is 11.6 Å². The smallest absolute Gasteiger partial charge is 0.153 e. The molecule has 0 spiro atoms. The zero-order valence-corrected chi connectivity index (χ0v) is 30.6. The summed E-state index contributed by atoms with van der Waals surface area (Å²) in [5.41, 5.74) is 3.46. The van der Waals surface area contributed by atoms with Crippen molar-refractivity contribution < 1.29 is 19.1 Å². The minimum atomic E-state index is 0.254. The fourth-order valence-electron chi connectivity index (χ4n) is 6.05. The van der Waals surface area contributed by atoms with Crippen LogP contribution in [0.3, 0.4) is 0 Å². The first-order valence-corrected chi connectivity index (χ1v) is 18.2. The highest BCUT2D eigenvalue weighted by atomic mass is 16.7. The molecule has 0 radical (unpaired) electrons. The van der Waals surface area contributed by atoms with E-state index in [0.717, 1.165) is 99.0 Å². The Morgan fingerprint density at radius 2 is 1.25 bits per heavy atom. The van der Waals surface area contributed by atoms with Crippen LogP contribution in [0.1, 0.15) is 55.5 Å². The second kappa shape index (κ2) is 20.6. The van der Waals surface area contributed by atoms with E-state index >= 15 is 0 Å². The molecule has 276 valence electrons. The van der Waals surface area contributed by atoms with Gasteiger partial charge in [0.1, 0.15) is 11.5 Å². The van der Waals surface area contributed by atoms with E-state index in [4.69, 9.17) is 19.1 Å². The van der Waals surface area contributed by atoms with Gasteiger partial charge in [-0.2, -0.15) is 10.2 Å². The molecule has 52 heavy (non-hydrogen) atoms. The van der Waals surface area contributed by atoms with Crippen molar-refractivity contribution in [1.29, 1.82) is 0 Å². The summed E-state index contributed by atoms with van der Waals surface area (Å²) >= 11 is 0. The molecule has 0 amide bonds. The molecule has 2 aliphatic heterocycles. The summed E-state index contributed by atoms with van der Waals surface area (Å²) in [5, 5.41) is 24.9. The van der Waals surface area contributed by atoms with Gasteiger partial charge in [0.25, 0.3) is 0 Å². The number of hydrogen-bond donors (Lipinski definition) is 0. The van der Waals surface area contributed by atoms with Gasteiger partial charge in [-0.3, -0.25) is 0 Å². The van der Waals surface area contributed by atoms with E-state index in [1.807, 2.05) is 56.3 Å². The average molecular weight is 709 g/mol. The third kappa shape index (κ3) is 13.1. The third-order valence-corrected chi connectivity index (χ3v) is 9.25. The molecule has 12 heteroatoms. The van der Waals surface area contributed by atoms with Gasteiger partial charge >= 0.3 is 0 Å². The lowest BCUT2D eigenvalue weighted by molar-refractivity contribution is 0.0553. The molecule has 5 rings (SSSR count). The Balaban J connectivity index is 0.851. The lowest BCUT2D eigenvalue weighted by Gasteiger charge is -2.32. The number of aromatic nitrogens is 4. The lowest BCUT2D eigenvalue weighted by atomic mass is 9.94. The van der Waals surface area contributed by atoms with Crippen molar-refractivity contribution in [2.75, 3.05) is 62.4 Å². The molecule has 0 unspecified atom stereocenters. The van der Waals surface area contributed by atoms with Gasteiger partial charge < -0.3 is 28.9 Å². The maximum atomic E-state index is 6.00. The van der Waals surface area contributed by atoms with Gasteiger partial charge in [0, 0.05) is 26.2 Å². The number of oxime groups is 2. The van der Waals surface area contributed by atoms with Crippen molar-refractivity contribution in [1.82, 2.24) is 20.4 Å². The van der Waals surface area contributed by atoms with Crippen LogP contribution in [0.2, 0.25) is 0 Å². The van der Waals surface area contributed by atoms with E-state index < -0.39 is 0 Å². The maximum Gasteiger partial charge on any atom is 0.153 e. The molecule has 12 nitrogen and oxygen atoms in total. The molecule has 0 aliphatic carbocycles. The van der Waals surface area contributed by atoms with Crippen molar-refractivity contribution in [3.05, 3.63) is 102 Å². The highest BCUT2D eigenvalue weighted by Crippen LogP contribution is 2.25. The summed E-state index contributed by atoms with van der Waals surface area (Å²) in [7, 11) is 0. The van der Waals surface area contributed by atoms with Gasteiger partial charge in [-0.05, 0) is 130 Å². The van der Waals surface area contributed by atoms with E-state index in [1.165, 1.54) is 6.21 Å². The van der Waals surface area contributed by atoms with Gasteiger partial charge in [0.2, 0.25) is 0 Å². The number of piperidine rings is 2. The zero-order valence-electron chi connectivity index (χ0n) is 30.6. The number of hydrogen-bond acceptors (Lipinski definition) is 12. The van der Waals surface area contributed by atoms with Crippen LogP contribution < -0.4 is 14.5 Å². The van der Waals surface area contributed by atoms with Crippen molar-refractivity contribution in [2.24, 2.45) is 22.1 Å². The quantitative estimate of drug-likeness (QED) is 0.0429. The van der Waals surface area contributed by atoms with Crippen molar-refractivity contribution in [2.45, 2.75) is 52.4 Å². The maximum absolute atomic E-state index is 6.00. The highest BCUT2D eigenvalue weighted by Gasteiger charge is 2.21. The topological polar surface area (TPSA) is 120 Å². The number of rotatable bonds is 19. The number of nitrogens with zero attached hydrogens (tertiary/aromatic N) is 8. The third-order valence-electron chi connectivity index (χ3n) is 9.25. The zero-order chi connectivity index (χ0) is 36.4. The van der Waals surface area contributed by atoms with Gasteiger partial charge in [-0.1, -0.05) is 29.5 Å². The van der Waals surface area contributed by atoms with Crippen LogP contribution >= 0.6 is 0 Å². The number of anilines is 2. The molecule has 2 aliphatic rings. The Morgan fingerprint density at radius 1 is 0.692 bits per heavy atom. The molecule has 0 N–H and O–H groups in total. The average Bonchev–Trinajstić information content (AvgIpc) is 3.17. The normalized spacial score (nSPS) is 15.8. The number of benzene rings is 1. The van der Waals surface area contributed by atoms with Crippen molar-refractivity contribution in [3.63, 3.8) is 0 Å². The number of ether oxygens (including phenoxy) is 2. The molecule has 2 saturated heterocycles. The van der Waals surface area contributed by atoms with Gasteiger partial charge in [-0.15, -0.1) is 10.2 Å². The molecule has 3 aromatic rings. The predicted molar refractivity (Wildman–Crippen MR) is 206 cm³/mol. The largest absolute Gasteiger partial charge is 0.494 e. The molecule has 2 aromatic heterocycles. The Morgan fingerprint density at radius 3 is 1.81 bits per heavy atom. The summed E-state index contributed by atoms with van der Waals surface area (Å²) in [5.74, 6) is 4.66. The Labute approximate surface area is 307 Å². The monoisotopic (exact) mass is 708 g/mol. The van der Waals surface area contributed by atoms with Crippen LogP contribution in [0, 0.1) is 25.7 Å². The molecule has 0 saturated carbocycles. The predicted octanol–water partition coefficient (Wildman–Crippen LogP) is 6.87. The van der Waals surface area contributed by atoms with Crippen LogP contribution in [-0.2, 0) is 14.4 Å². The molecular formula is C40H52N8O4. The summed E-state index contributed by atoms with van der Waals surface area (Å²) in [6.45, 7) is 17.7. The first-order valence-electron chi connectivity index (χ1n) is 18.2. The van der Waals surface area contributed by atoms with E-state index in [-0.39, 0.29) is 13.2 Å². The Bertz CT molecular complexity index is 1610. The fraction of sp³-hybridized carbons (Fsp3) is 0.450. The van der Waals surface area contributed by atoms with E-state index in [9.17, 15) is 0 Å². The van der Waals surface area contributed by atoms with Crippen LogP contribution in [0.5, 0.6) is 5.75 Å². The van der Waals surface area contributed by atoms with E-state index in [2.05, 4.69) is 59.7 Å². The van der Waals surface area contributed by atoms with E-state index in [1.54, 1.807) is 18.4 Å². The van der Waals surface area contributed by atoms with Crippen molar-refractivity contribution in [3.8, 4) is 5.75 Å².